The molecule has 0 amide bonds. The van der Waals surface area contributed by atoms with Gasteiger partial charge in [-0.15, -0.1) is 0 Å². The predicted molar refractivity (Wildman–Crippen MR) is 433 cm³/mol. The summed E-state index contributed by atoms with van der Waals surface area (Å²) in [6.07, 6.45) is 12.1. The lowest BCUT2D eigenvalue weighted by atomic mass is 10.0. The van der Waals surface area contributed by atoms with Crippen LogP contribution in [0.4, 0.5) is 0 Å². The van der Waals surface area contributed by atoms with Crippen molar-refractivity contribution in [3.05, 3.63) is 289 Å². The van der Waals surface area contributed by atoms with E-state index in [1.54, 1.807) is 0 Å². The van der Waals surface area contributed by atoms with Crippen LogP contribution >= 0.6 is 0 Å². The molecule has 0 aliphatic rings. The number of benzene rings is 8. The summed E-state index contributed by atoms with van der Waals surface area (Å²) in [6, 6.07) is 77.3. The average molecular weight is 1380 g/mol. The lowest BCUT2D eigenvalue weighted by Crippen LogP contribution is -2.30. The first kappa shape index (κ1) is 70.6. The molecule has 0 aliphatic heterocycles. The minimum absolute atomic E-state index is 0. The van der Waals surface area contributed by atoms with E-state index >= 15 is 0 Å². The SMILES string of the molecule is C.C.C.C.Cc1ccc(-c2c3oc4cc5ccccc5nc4c3cc[n+]2C)c(C)c1.Cc1ccccc1-c1c2oc3cc4ccccc4nc3c2cc[n+]1C.Cc1ccccc1-c1c2oc3cc4ccncc4cc3c2cc[n+]1C.Cc1ccccc1-c1c2oc3nc4ccccc4cc3c2cc[n+]1C. The minimum Gasteiger partial charge on any atom is -0.449 e. The Balaban J connectivity index is 0.000000123. The number of nitrogens with zero attached hydrogens (tertiary/aromatic N) is 8. The first-order valence-electron chi connectivity index (χ1n) is 33.9. The third kappa shape index (κ3) is 12.5. The van der Waals surface area contributed by atoms with Crippen molar-refractivity contribution in [1.29, 1.82) is 0 Å². The average Bonchev–Trinajstić information content (AvgIpc) is 1.63. The fourth-order valence-electron chi connectivity index (χ4n) is 14.5. The second-order valence-electron chi connectivity index (χ2n) is 26.4. The van der Waals surface area contributed by atoms with Crippen molar-refractivity contribution >= 4 is 132 Å². The van der Waals surface area contributed by atoms with E-state index in [2.05, 4.69) is 275 Å². The number of pyridine rings is 8. The summed E-state index contributed by atoms with van der Waals surface area (Å²) in [5.41, 5.74) is 26.9. The van der Waals surface area contributed by atoms with Crippen LogP contribution < -0.4 is 18.3 Å². The molecule has 0 spiro atoms. The Hall–Kier alpha value is -12.8. The molecular weight excluding hydrogens is 1290 g/mol. The molecule has 0 fully saturated rings. The smallest absolute Gasteiger partial charge is 0.256 e. The molecule has 0 aliphatic carbocycles. The van der Waals surface area contributed by atoms with Crippen LogP contribution in [0.15, 0.2) is 279 Å². The van der Waals surface area contributed by atoms with Crippen molar-refractivity contribution in [3.63, 3.8) is 0 Å². The molecular formula is C93H86N8O4+4. The van der Waals surface area contributed by atoms with Crippen molar-refractivity contribution in [2.45, 2.75) is 64.3 Å². The lowest BCUT2D eigenvalue weighted by Gasteiger charge is -2.05. The van der Waals surface area contributed by atoms with Crippen molar-refractivity contribution < 1.29 is 35.9 Å². The number of hydrogen-bond donors (Lipinski definition) is 0. The number of para-hydroxylation sites is 3. The lowest BCUT2D eigenvalue weighted by molar-refractivity contribution is -0.659. The first-order chi connectivity index (χ1) is 49.3. The summed E-state index contributed by atoms with van der Waals surface area (Å²) < 4.78 is 33.7. The van der Waals surface area contributed by atoms with E-state index < -0.39 is 0 Å². The monoisotopic (exact) mass is 1380 g/mol. The molecule has 0 radical (unpaired) electrons. The number of rotatable bonds is 4. The van der Waals surface area contributed by atoms with E-state index in [0.29, 0.717) is 5.71 Å². The highest BCUT2D eigenvalue weighted by Crippen LogP contribution is 2.41. The van der Waals surface area contributed by atoms with Crippen molar-refractivity contribution in [2.24, 2.45) is 28.2 Å². The normalized spacial score (nSPS) is 11.2. The fraction of sp³-hybridized carbons (Fsp3) is 0.140. The Bertz CT molecular complexity index is 6260. The van der Waals surface area contributed by atoms with Gasteiger partial charge in [0.2, 0.25) is 28.0 Å². The molecule has 20 aromatic rings. The standard InChI is InChI=1S/C23H19N2O.3C22H17N2O.4CH4/c1-14-8-9-17(15(2)12-14)22-23-18(10-11-25(22)3)21-20(26-23)13-16-6-4-5-7-19(16)24-21;1-14-7-3-5-9-16(14)20-21-17(11-12-24(20)2)18-13-15-8-4-6-10-19(15)23-22(18)25-21;1-14-7-3-5-9-16(14)21-22-17(11-12-24(21)2)20-19(25-22)13-15-8-4-6-10-18(15)23-20;1-14-5-3-4-6-17(14)21-22-18(8-10-24(21)2)19-11-16-13-23-9-7-15(16)12-20(19)25-22;;;;/h4-13H,1-3H3;3*3-13H,1-2H3;4*1H4/q4*+1;;;;. The molecule has 0 N–H and O–H groups in total. The molecule has 0 saturated heterocycles. The second-order valence-corrected chi connectivity index (χ2v) is 26.4. The van der Waals surface area contributed by atoms with E-state index in [-0.39, 0.29) is 29.7 Å². The van der Waals surface area contributed by atoms with Crippen LogP contribution in [0.5, 0.6) is 0 Å². The highest BCUT2D eigenvalue weighted by atomic mass is 16.3. The number of aryl methyl sites for hydroxylation is 9. The van der Waals surface area contributed by atoms with Gasteiger partial charge >= 0.3 is 0 Å². The summed E-state index contributed by atoms with van der Waals surface area (Å²) in [4.78, 5) is 18.7. The maximum Gasteiger partial charge on any atom is 0.256 e. The van der Waals surface area contributed by atoms with Gasteiger partial charge in [0.25, 0.3) is 22.8 Å². The largest absolute Gasteiger partial charge is 0.449 e. The van der Waals surface area contributed by atoms with Gasteiger partial charge in [0.15, 0.2) is 36.0 Å². The first-order valence-corrected chi connectivity index (χ1v) is 33.9. The number of furan rings is 4. The van der Waals surface area contributed by atoms with Crippen LogP contribution in [0.25, 0.3) is 177 Å². The summed E-state index contributed by atoms with van der Waals surface area (Å²) >= 11 is 0. The molecule has 12 heteroatoms. The van der Waals surface area contributed by atoms with Gasteiger partial charge in [-0.05, 0) is 141 Å². The molecule has 12 aromatic heterocycles. The van der Waals surface area contributed by atoms with Gasteiger partial charge in [-0.3, -0.25) is 4.98 Å². The van der Waals surface area contributed by atoms with Crippen molar-refractivity contribution in [1.82, 2.24) is 19.9 Å². The van der Waals surface area contributed by atoms with Crippen LogP contribution in [0.3, 0.4) is 0 Å². The van der Waals surface area contributed by atoms with Gasteiger partial charge in [0.05, 0.1) is 49.6 Å². The Labute approximate surface area is 611 Å². The van der Waals surface area contributed by atoms with Crippen LogP contribution in [0, 0.1) is 34.6 Å². The second kappa shape index (κ2) is 28.6. The van der Waals surface area contributed by atoms with E-state index in [4.69, 9.17) is 32.6 Å². The molecule has 518 valence electrons. The summed E-state index contributed by atoms with van der Waals surface area (Å²) in [7, 11) is 8.23. The van der Waals surface area contributed by atoms with Crippen molar-refractivity contribution in [3.8, 4) is 45.0 Å². The topological polar surface area (TPSA) is 120 Å². The minimum atomic E-state index is 0. The quantitative estimate of drug-likeness (QED) is 0.160. The Morgan fingerprint density at radius 3 is 1.13 bits per heavy atom. The zero-order valence-corrected chi connectivity index (χ0v) is 57.5. The van der Waals surface area contributed by atoms with Gasteiger partial charge in [-0.25, -0.2) is 15.0 Å². The zero-order chi connectivity index (χ0) is 68.7. The van der Waals surface area contributed by atoms with Gasteiger partial charge in [0.1, 0.15) is 44.8 Å². The molecule has 105 heavy (non-hydrogen) atoms. The van der Waals surface area contributed by atoms with E-state index in [1.807, 2.05) is 73.1 Å². The molecule has 12 heterocycles. The summed E-state index contributed by atoms with van der Waals surface area (Å²) in [5.74, 6) is 0. The predicted octanol–water partition coefficient (Wildman–Crippen LogP) is 22.6. The van der Waals surface area contributed by atoms with Crippen molar-refractivity contribution in [2.75, 3.05) is 0 Å². The highest BCUT2D eigenvalue weighted by molar-refractivity contribution is 6.14. The third-order valence-corrected chi connectivity index (χ3v) is 19.7. The van der Waals surface area contributed by atoms with Gasteiger partial charge < -0.3 is 17.7 Å². The molecule has 0 saturated carbocycles. The molecule has 0 unspecified atom stereocenters. The zero-order valence-electron chi connectivity index (χ0n) is 57.5. The number of hydrogen-bond acceptors (Lipinski definition) is 8. The number of fused-ring (bicyclic) bond motifs is 16. The van der Waals surface area contributed by atoms with Crippen LogP contribution in [0.2, 0.25) is 0 Å². The molecule has 0 bridgehead atoms. The van der Waals surface area contributed by atoms with Gasteiger partial charge in [0, 0.05) is 79.7 Å². The summed E-state index contributed by atoms with van der Waals surface area (Å²) in [6.45, 7) is 10.7. The third-order valence-electron chi connectivity index (χ3n) is 19.7. The molecule has 12 nitrogen and oxygen atoms in total. The van der Waals surface area contributed by atoms with E-state index in [0.717, 1.165) is 149 Å². The van der Waals surface area contributed by atoms with Gasteiger partial charge in [-0.1, -0.05) is 157 Å². The van der Waals surface area contributed by atoms with Crippen LogP contribution in [-0.2, 0) is 28.2 Å². The highest BCUT2D eigenvalue weighted by Gasteiger charge is 2.28. The maximum atomic E-state index is 6.34. The van der Waals surface area contributed by atoms with E-state index in [9.17, 15) is 0 Å². The Morgan fingerprint density at radius 1 is 0.286 bits per heavy atom. The van der Waals surface area contributed by atoms with E-state index in [1.165, 1.54) is 50.1 Å². The van der Waals surface area contributed by atoms with Crippen LogP contribution in [0.1, 0.15) is 57.5 Å². The molecule has 8 aromatic carbocycles. The fourth-order valence-corrected chi connectivity index (χ4v) is 14.5. The Morgan fingerprint density at radius 2 is 0.657 bits per heavy atom. The van der Waals surface area contributed by atoms with Gasteiger partial charge in [-0.2, -0.15) is 18.3 Å². The molecule has 20 rings (SSSR count). The summed E-state index contributed by atoms with van der Waals surface area (Å²) in [5, 5.41) is 12.1. The maximum absolute atomic E-state index is 6.34. The number of aromatic nitrogens is 8. The Kier molecular flexibility index (Phi) is 19.2. The van der Waals surface area contributed by atoms with Crippen LogP contribution in [-0.4, -0.2) is 19.9 Å². The molecule has 0 atom stereocenters.